The van der Waals surface area contributed by atoms with E-state index in [1.807, 2.05) is 11.8 Å². The van der Waals surface area contributed by atoms with E-state index in [-0.39, 0.29) is 5.91 Å². The van der Waals surface area contributed by atoms with Crippen molar-refractivity contribution in [3.63, 3.8) is 0 Å². The summed E-state index contributed by atoms with van der Waals surface area (Å²) in [5.74, 6) is 0.141. The molecule has 0 spiro atoms. The Balaban J connectivity index is 2.50. The second-order valence-electron chi connectivity index (χ2n) is 3.61. The lowest BCUT2D eigenvalue weighted by molar-refractivity contribution is -0.128. The third-order valence-electron chi connectivity index (χ3n) is 2.58. The van der Waals surface area contributed by atoms with Crippen molar-refractivity contribution in [2.24, 2.45) is 0 Å². The van der Waals surface area contributed by atoms with Gasteiger partial charge in [0.1, 0.15) is 0 Å². The van der Waals surface area contributed by atoms with Crippen molar-refractivity contribution in [3.8, 4) is 0 Å². The molecule has 1 rings (SSSR count). The Morgan fingerprint density at radius 3 is 2.69 bits per heavy atom. The Hall–Kier alpha value is -0.830. The van der Waals surface area contributed by atoms with E-state index >= 15 is 0 Å². The van der Waals surface area contributed by atoms with E-state index in [0.29, 0.717) is 6.04 Å². The van der Waals surface area contributed by atoms with Crippen molar-refractivity contribution in [2.45, 2.75) is 19.9 Å². The highest BCUT2D eigenvalue weighted by atomic mass is 16.2. The number of carbonyl (C=O) groups is 1. The van der Waals surface area contributed by atoms with Gasteiger partial charge in [-0.25, -0.2) is 0 Å². The molecule has 3 nitrogen and oxygen atoms in total. The van der Waals surface area contributed by atoms with Crippen molar-refractivity contribution in [2.75, 3.05) is 26.7 Å². The quantitative estimate of drug-likeness (QED) is 0.558. The van der Waals surface area contributed by atoms with Crippen LogP contribution in [-0.2, 0) is 4.79 Å². The average molecular weight is 182 g/mol. The van der Waals surface area contributed by atoms with Crippen LogP contribution >= 0.6 is 0 Å². The molecule has 0 aromatic carbocycles. The highest BCUT2D eigenvalue weighted by Crippen LogP contribution is 2.07. The number of nitrogens with zero attached hydrogens (tertiary/aromatic N) is 2. The monoisotopic (exact) mass is 182 g/mol. The van der Waals surface area contributed by atoms with Gasteiger partial charge in [-0.1, -0.05) is 6.08 Å². The lowest BCUT2D eigenvalue weighted by atomic mass is 10.2. The highest BCUT2D eigenvalue weighted by Gasteiger charge is 2.22. The number of piperazine rings is 1. The molecular formula is C10H18N2O. The molecule has 3 heteroatoms. The van der Waals surface area contributed by atoms with Crippen molar-refractivity contribution in [3.05, 3.63) is 12.2 Å². The Bertz CT molecular complexity index is 213. The molecule has 0 N–H and O–H groups in total. The predicted molar refractivity (Wildman–Crippen MR) is 53.5 cm³/mol. The molecule has 1 fully saturated rings. The number of rotatable bonds is 1. The minimum atomic E-state index is 0.141. The summed E-state index contributed by atoms with van der Waals surface area (Å²) in [5.41, 5.74) is 0. The van der Waals surface area contributed by atoms with Crippen LogP contribution in [0.1, 0.15) is 13.8 Å². The summed E-state index contributed by atoms with van der Waals surface area (Å²) < 4.78 is 0. The average Bonchev–Trinajstić information content (AvgIpc) is 2.10. The Kier molecular flexibility index (Phi) is 3.48. The molecule has 74 valence electrons. The van der Waals surface area contributed by atoms with Gasteiger partial charge < -0.3 is 9.80 Å². The summed E-state index contributed by atoms with van der Waals surface area (Å²) in [6.45, 7) is 6.70. The van der Waals surface area contributed by atoms with Gasteiger partial charge in [-0.15, -0.1) is 0 Å². The minimum Gasteiger partial charge on any atom is -0.336 e. The molecule has 0 bridgehead atoms. The van der Waals surface area contributed by atoms with Crippen LogP contribution < -0.4 is 0 Å². The van der Waals surface area contributed by atoms with E-state index in [2.05, 4.69) is 18.9 Å². The lowest BCUT2D eigenvalue weighted by Crippen LogP contribution is -2.51. The zero-order valence-corrected chi connectivity index (χ0v) is 8.66. The van der Waals surface area contributed by atoms with E-state index in [1.165, 1.54) is 0 Å². The van der Waals surface area contributed by atoms with Gasteiger partial charge in [0.15, 0.2) is 0 Å². The first kappa shape index (κ1) is 10.3. The normalized spacial score (nSPS) is 25.5. The van der Waals surface area contributed by atoms with Gasteiger partial charge in [0.25, 0.3) is 0 Å². The van der Waals surface area contributed by atoms with E-state index in [1.54, 1.807) is 12.2 Å². The SMILES string of the molecule is C/C=C/C(=O)N1CCN(C)C(C)C1. The molecule has 1 heterocycles. The molecule has 0 aromatic heterocycles. The second-order valence-corrected chi connectivity index (χ2v) is 3.61. The van der Waals surface area contributed by atoms with Gasteiger partial charge in [-0.05, 0) is 27.0 Å². The van der Waals surface area contributed by atoms with Crippen LogP contribution in [0.2, 0.25) is 0 Å². The van der Waals surface area contributed by atoms with Crippen molar-refractivity contribution < 1.29 is 4.79 Å². The molecule has 1 unspecified atom stereocenters. The van der Waals surface area contributed by atoms with Crippen LogP contribution in [0.3, 0.4) is 0 Å². The maximum atomic E-state index is 11.5. The fraction of sp³-hybridized carbons (Fsp3) is 0.700. The Labute approximate surface area is 80.0 Å². The van der Waals surface area contributed by atoms with E-state index in [0.717, 1.165) is 19.6 Å². The van der Waals surface area contributed by atoms with Crippen LogP contribution in [0.5, 0.6) is 0 Å². The van der Waals surface area contributed by atoms with Gasteiger partial charge in [0.05, 0.1) is 0 Å². The number of likely N-dealkylation sites (N-methyl/N-ethyl adjacent to an activating group) is 1. The summed E-state index contributed by atoms with van der Waals surface area (Å²) >= 11 is 0. The first-order valence-electron chi connectivity index (χ1n) is 4.77. The summed E-state index contributed by atoms with van der Waals surface area (Å²) in [7, 11) is 2.10. The zero-order valence-electron chi connectivity index (χ0n) is 8.66. The highest BCUT2D eigenvalue weighted by molar-refractivity contribution is 5.87. The molecule has 0 radical (unpaired) electrons. The third-order valence-corrected chi connectivity index (χ3v) is 2.58. The van der Waals surface area contributed by atoms with Crippen LogP contribution in [0.25, 0.3) is 0 Å². The first-order valence-corrected chi connectivity index (χ1v) is 4.77. The largest absolute Gasteiger partial charge is 0.336 e. The number of carbonyl (C=O) groups excluding carboxylic acids is 1. The number of amides is 1. The standard InChI is InChI=1S/C10H18N2O/c1-4-5-10(13)12-7-6-11(3)9(2)8-12/h4-5,9H,6-8H2,1-3H3/b5-4+. The van der Waals surface area contributed by atoms with Crippen molar-refractivity contribution in [1.82, 2.24) is 9.80 Å². The van der Waals surface area contributed by atoms with Crippen LogP contribution in [0, 0.1) is 0 Å². The van der Waals surface area contributed by atoms with Gasteiger partial charge in [-0.2, -0.15) is 0 Å². The molecular weight excluding hydrogens is 164 g/mol. The summed E-state index contributed by atoms with van der Waals surface area (Å²) in [6, 6.07) is 0.475. The number of hydrogen-bond donors (Lipinski definition) is 0. The van der Waals surface area contributed by atoms with Gasteiger partial charge in [-0.3, -0.25) is 4.79 Å². The topological polar surface area (TPSA) is 23.6 Å². The number of hydrogen-bond acceptors (Lipinski definition) is 2. The molecule has 1 aliphatic rings. The smallest absolute Gasteiger partial charge is 0.246 e. The molecule has 13 heavy (non-hydrogen) atoms. The van der Waals surface area contributed by atoms with Crippen LogP contribution in [0.15, 0.2) is 12.2 Å². The van der Waals surface area contributed by atoms with Gasteiger partial charge in [0, 0.05) is 25.7 Å². The lowest BCUT2D eigenvalue weighted by Gasteiger charge is -2.37. The third kappa shape index (κ3) is 2.56. The molecule has 0 saturated carbocycles. The predicted octanol–water partition coefficient (Wildman–Crippen LogP) is 0.725. The molecule has 1 amide bonds. The zero-order chi connectivity index (χ0) is 9.84. The molecule has 0 aliphatic carbocycles. The Morgan fingerprint density at radius 2 is 2.15 bits per heavy atom. The van der Waals surface area contributed by atoms with Crippen molar-refractivity contribution in [1.29, 1.82) is 0 Å². The Morgan fingerprint density at radius 1 is 1.46 bits per heavy atom. The fourth-order valence-corrected chi connectivity index (χ4v) is 1.50. The summed E-state index contributed by atoms with van der Waals surface area (Å²) in [6.07, 6.45) is 3.43. The molecule has 1 saturated heterocycles. The first-order chi connectivity index (χ1) is 6.15. The maximum absolute atomic E-state index is 11.5. The van der Waals surface area contributed by atoms with E-state index in [9.17, 15) is 4.79 Å². The second kappa shape index (κ2) is 4.42. The molecule has 1 atom stereocenters. The van der Waals surface area contributed by atoms with Crippen LogP contribution in [-0.4, -0.2) is 48.4 Å². The molecule has 1 aliphatic heterocycles. The fourth-order valence-electron chi connectivity index (χ4n) is 1.50. The van der Waals surface area contributed by atoms with Crippen molar-refractivity contribution >= 4 is 5.91 Å². The summed E-state index contributed by atoms with van der Waals surface area (Å²) in [4.78, 5) is 15.7. The minimum absolute atomic E-state index is 0.141. The maximum Gasteiger partial charge on any atom is 0.246 e. The summed E-state index contributed by atoms with van der Waals surface area (Å²) in [5, 5.41) is 0. The van der Waals surface area contributed by atoms with Crippen LogP contribution in [0.4, 0.5) is 0 Å². The van der Waals surface area contributed by atoms with Gasteiger partial charge >= 0.3 is 0 Å². The van der Waals surface area contributed by atoms with E-state index in [4.69, 9.17) is 0 Å². The number of allylic oxidation sites excluding steroid dienone is 1. The molecule has 0 aromatic rings. The van der Waals surface area contributed by atoms with E-state index < -0.39 is 0 Å². The van der Waals surface area contributed by atoms with Gasteiger partial charge in [0.2, 0.25) is 5.91 Å².